The molecule has 0 saturated carbocycles. The third-order valence-corrected chi connectivity index (χ3v) is 4.17. The van der Waals surface area contributed by atoms with E-state index in [2.05, 4.69) is 35.2 Å². The SMILES string of the molecule is C[C@H](OC(=N)C(Cl)(Cl)Cl)C1=CCN(Cc2ccccc2)CC1. The van der Waals surface area contributed by atoms with Gasteiger partial charge in [-0.1, -0.05) is 71.2 Å². The molecule has 1 N–H and O–H groups in total. The summed E-state index contributed by atoms with van der Waals surface area (Å²) in [7, 11) is 0. The molecule has 0 bridgehead atoms. The molecule has 1 heterocycles. The summed E-state index contributed by atoms with van der Waals surface area (Å²) in [5.74, 6) is -0.336. The molecule has 2 rings (SSSR count). The van der Waals surface area contributed by atoms with Crippen LogP contribution in [0.1, 0.15) is 18.9 Å². The van der Waals surface area contributed by atoms with E-state index in [0.717, 1.165) is 31.6 Å². The minimum Gasteiger partial charge on any atom is -0.471 e. The van der Waals surface area contributed by atoms with Gasteiger partial charge in [-0.05, 0) is 24.5 Å². The fourth-order valence-electron chi connectivity index (χ4n) is 2.40. The van der Waals surface area contributed by atoms with Crippen molar-refractivity contribution in [3.8, 4) is 0 Å². The Balaban J connectivity index is 1.87. The fourth-order valence-corrected chi connectivity index (χ4v) is 2.53. The number of ether oxygens (including phenoxy) is 1. The Kier molecular flexibility index (Phi) is 6.16. The van der Waals surface area contributed by atoms with Gasteiger partial charge in [0, 0.05) is 19.6 Å². The largest absolute Gasteiger partial charge is 0.471 e. The Morgan fingerprint density at radius 1 is 1.32 bits per heavy atom. The number of hydrogen-bond donors (Lipinski definition) is 1. The molecule has 0 amide bonds. The molecule has 1 aromatic rings. The summed E-state index contributed by atoms with van der Waals surface area (Å²) in [6.07, 6.45) is 2.78. The van der Waals surface area contributed by atoms with Crippen molar-refractivity contribution in [2.24, 2.45) is 0 Å². The van der Waals surface area contributed by atoms with Crippen molar-refractivity contribution in [1.82, 2.24) is 4.90 Å². The normalized spacial score (nSPS) is 17.7. The molecule has 1 aromatic carbocycles. The molecule has 0 radical (unpaired) electrons. The summed E-state index contributed by atoms with van der Waals surface area (Å²) in [6.45, 7) is 4.63. The second kappa shape index (κ2) is 7.69. The lowest BCUT2D eigenvalue weighted by atomic mass is 10.0. The lowest BCUT2D eigenvalue weighted by Gasteiger charge is -2.29. The van der Waals surface area contributed by atoms with Gasteiger partial charge >= 0.3 is 0 Å². The minimum absolute atomic E-state index is 0.248. The molecule has 6 heteroatoms. The van der Waals surface area contributed by atoms with Crippen LogP contribution >= 0.6 is 34.8 Å². The molecule has 0 spiro atoms. The Hall–Kier alpha value is -0.740. The van der Waals surface area contributed by atoms with Crippen LogP contribution in [0.2, 0.25) is 0 Å². The standard InChI is InChI=1S/C16H19Cl3N2O/c1-12(22-15(20)16(17,18)19)14-7-9-21(10-8-14)11-13-5-3-2-4-6-13/h2-7,12,20H,8-11H2,1H3/t12-/m0/s1. The molecule has 0 saturated heterocycles. The molecular weight excluding hydrogens is 343 g/mol. The van der Waals surface area contributed by atoms with E-state index in [9.17, 15) is 0 Å². The molecule has 22 heavy (non-hydrogen) atoms. The zero-order valence-corrected chi connectivity index (χ0v) is 14.6. The van der Waals surface area contributed by atoms with E-state index in [0.29, 0.717) is 0 Å². The molecule has 3 nitrogen and oxygen atoms in total. The number of rotatable bonds is 4. The van der Waals surface area contributed by atoms with E-state index in [-0.39, 0.29) is 12.0 Å². The topological polar surface area (TPSA) is 36.3 Å². The molecule has 0 aromatic heterocycles. The van der Waals surface area contributed by atoms with Crippen molar-refractivity contribution < 1.29 is 4.74 Å². The van der Waals surface area contributed by atoms with Gasteiger partial charge in [0.15, 0.2) is 0 Å². The molecule has 120 valence electrons. The molecular formula is C16H19Cl3N2O. The second-order valence-corrected chi connectivity index (χ2v) is 7.62. The average molecular weight is 362 g/mol. The predicted octanol–water partition coefficient (Wildman–Crippen LogP) is 4.57. The summed E-state index contributed by atoms with van der Waals surface area (Å²) >= 11 is 16.9. The Labute approximate surface area is 146 Å². The van der Waals surface area contributed by atoms with Gasteiger partial charge in [-0.25, -0.2) is 0 Å². The van der Waals surface area contributed by atoms with Crippen molar-refractivity contribution in [2.75, 3.05) is 13.1 Å². The van der Waals surface area contributed by atoms with Crippen LogP contribution in [-0.4, -0.2) is 33.8 Å². The summed E-state index contributed by atoms with van der Waals surface area (Å²) in [5, 5.41) is 7.62. The van der Waals surface area contributed by atoms with Crippen LogP contribution in [0.5, 0.6) is 0 Å². The van der Waals surface area contributed by atoms with Gasteiger partial charge in [0.2, 0.25) is 5.90 Å². The maximum atomic E-state index is 7.62. The van der Waals surface area contributed by atoms with E-state index >= 15 is 0 Å². The van der Waals surface area contributed by atoms with Crippen LogP contribution in [0.15, 0.2) is 42.0 Å². The first-order valence-corrected chi connectivity index (χ1v) is 8.27. The van der Waals surface area contributed by atoms with Crippen LogP contribution in [0.3, 0.4) is 0 Å². The third-order valence-electron chi connectivity index (χ3n) is 3.65. The van der Waals surface area contributed by atoms with Gasteiger partial charge in [-0.3, -0.25) is 10.3 Å². The zero-order valence-electron chi connectivity index (χ0n) is 12.4. The molecule has 0 aliphatic carbocycles. The summed E-state index contributed by atoms with van der Waals surface area (Å²) in [6, 6.07) is 10.4. The maximum absolute atomic E-state index is 7.62. The van der Waals surface area contributed by atoms with Crippen molar-refractivity contribution in [1.29, 1.82) is 5.41 Å². The third kappa shape index (κ3) is 5.17. The highest BCUT2D eigenvalue weighted by atomic mass is 35.6. The number of benzene rings is 1. The van der Waals surface area contributed by atoms with Gasteiger partial charge in [0.1, 0.15) is 6.10 Å². The lowest BCUT2D eigenvalue weighted by molar-refractivity contribution is 0.213. The van der Waals surface area contributed by atoms with Crippen molar-refractivity contribution in [3.63, 3.8) is 0 Å². The molecule has 1 aliphatic rings. The highest BCUT2D eigenvalue weighted by Gasteiger charge is 2.30. The zero-order chi connectivity index (χ0) is 16.2. The van der Waals surface area contributed by atoms with E-state index in [1.165, 1.54) is 5.56 Å². The first kappa shape index (κ1) is 17.6. The second-order valence-electron chi connectivity index (χ2n) is 5.34. The molecule has 1 atom stereocenters. The van der Waals surface area contributed by atoms with E-state index < -0.39 is 3.79 Å². The summed E-state index contributed by atoms with van der Waals surface area (Å²) in [4.78, 5) is 2.37. The van der Waals surface area contributed by atoms with Crippen LogP contribution in [0, 0.1) is 5.41 Å². The molecule has 1 aliphatic heterocycles. The number of hydrogen-bond acceptors (Lipinski definition) is 3. The van der Waals surface area contributed by atoms with Crippen LogP contribution in [0.4, 0.5) is 0 Å². The summed E-state index contributed by atoms with van der Waals surface area (Å²) in [5.41, 5.74) is 2.45. The van der Waals surface area contributed by atoms with Crippen molar-refractivity contribution in [2.45, 2.75) is 29.8 Å². The first-order valence-electron chi connectivity index (χ1n) is 7.14. The Morgan fingerprint density at radius 2 is 2.00 bits per heavy atom. The molecule has 0 unspecified atom stereocenters. The van der Waals surface area contributed by atoms with Crippen molar-refractivity contribution >= 4 is 40.7 Å². The van der Waals surface area contributed by atoms with E-state index in [4.69, 9.17) is 44.9 Å². The average Bonchev–Trinajstić information content (AvgIpc) is 2.48. The van der Waals surface area contributed by atoms with Gasteiger partial charge in [-0.15, -0.1) is 0 Å². The number of alkyl halides is 3. The Morgan fingerprint density at radius 3 is 2.55 bits per heavy atom. The number of nitrogens with one attached hydrogen (secondary N) is 1. The minimum atomic E-state index is -1.80. The van der Waals surface area contributed by atoms with Crippen LogP contribution in [-0.2, 0) is 11.3 Å². The lowest BCUT2D eigenvalue weighted by Crippen LogP contribution is -2.32. The monoisotopic (exact) mass is 360 g/mol. The van der Waals surface area contributed by atoms with Gasteiger partial charge in [0.05, 0.1) is 0 Å². The van der Waals surface area contributed by atoms with Crippen LogP contribution in [0.25, 0.3) is 0 Å². The highest BCUT2D eigenvalue weighted by molar-refractivity contribution is 6.76. The predicted molar refractivity (Wildman–Crippen MR) is 93.0 cm³/mol. The van der Waals surface area contributed by atoms with Crippen molar-refractivity contribution in [3.05, 3.63) is 47.5 Å². The number of nitrogens with zero attached hydrogens (tertiary/aromatic N) is 1. The molecule has 0 fully saturated rings. The summed E-state index contributed by atoms with van der Waals surface area (Å²) < 4.78 is 3.61. The van der Waals surface area contributed by atoms with E-state index in [1.54, 1.807) is 0 Å². The van der Waals surface area contributed by atoms with Gasteiger partial charge in [-0.2, -0.15) is 0 Å². The quantitative estimate of drug-likeness (QED) is 0.369. The maximum Gasteiger partial charge on any atom is 0.265 e. The van der Waals surface area contributed by atoms with Gasteiger partial charge < -0.3 is 4.74 Å². The Bertz CT molecular complexity index is 540. The highest BCUT2D eigenvalue weighted by Crippen LogP contribution is 2.29. The van der Waals surface area contributed by atoms with Crippen LogP contribution < -0.4 is 0 Å². The van der Waals surface area contributed by atoms with Gasteiger partial charge in [0.25, 0.3) is 3.79 Å². The smallest absolute Gasteiger partial charge is 0.265 e. The fraction of sp³-hybridized carbons (Fsp3) is 0.438. The van der Waals surface area contributed by atoms with E-state index in [1.807, 2.05) is 13.0 Å². The number of halogens is 3. The first-order chi connectivity index (χ1) is 10.4.